The zero-order valence-corrected chi connectivity index (χ0v) is 14.2. The van der Waals surface area contributed by atoms with Crippen LogP contribution in [0.5, 0.6) is 0 Å². The second-order valence-electron chi connectivity index (χ2n) is 7.16. The number of aliphatic hydroxyl groups is 3. The van der Waals surface area contributed by atoms with E-state index in [9.17, 15) is 15.3 Å². The number of rotatable bonds is 10. The molecule has 1 saturated carbocycles. The van der Waals surface area contributed by atoms with Gasteiger partial charge in [-0.3, -0.25) is 0 Å². The minimum atomic E-state index is -1.37. The molecule has 0 radical (unpaired) electrons. The summed E-state index contributed by atoms with van der Waals surface area (Å²) in [6.07, 6.45) is 3.46. The van der Waals surface area contributed by atoms with Crippen molar-refractivity contribution in [3.8, 4) is 0 Å². The molecule has 1 fully saturated rings. The van der Waals surface area contributed by atoms with Gasteiger partial charge < -0.3 is 29.5 Å². The van der Waals surface area contributed by atoms with E-state index in [1.165, 1.54) is 0 Å². The van der Waals surface area contributed by atoms with Crippen molar-refractivity contribution in [3.05, 3.63) is 12.2 Å². The highest BCUT2D eigenvalue weighted by atomic mass is 16.7. The van der Waals surface area contributed by atoms with Gasteiger partial charge in [0.25, 0.3) is 0 Å². The maximum absolute atomic E-state index is 9.90. The standard InChI is InChI=1S/C17H30O6/c1-4-17(2,3)16(20)22-8-7-21-10-23-14-12-6-5-11(9-12)13(14)15(18)19/h5-6,11-16,18-20H,4,7-10H2,1-3H3. The smallest absolute Gasteiger partial charge is 0.159 e. The Labute approximate surface area is 138 Å². The van der Waals surface area contributed by atoms with E-state index >= 15 is 0 Å². The molecule has 2 aliphatic rings. The number of ether oxygens (including phenoxy) is 3. The van der Waals surface area contributed by atoms with E-state index in [1.54, 1.807) is 0 Å². The molecule has 6 heteroatoms. The van der Waals surface area contributed by atoms with E-state index < -0.39 is 12.6 Å². The third-order valence-electron chi connectivity index (χ3n) is 5.22. The lowest BCUT2D eigenvalue weighted by molar-refractivity contribution is -0.190. The van der Waals surface area contributed by atoms with Crippen molar-refractivity contribution in [2.45, 2.75) is 52.3 Å². The Morgan fingerprint density at radius 3 is 2.48 bits per heavy atom. The lowest BCUT2D eigenvalue weighted by Crippen LogP contribution is -2.37. The summed E-state index contributed by atoms with van der Waals surface area (Å²) >= 11 is 0. The molecule has 23 heavy (non-hydrogen) atoms. The van der Waals surface area contributed by atoms with Crippen LogP contribution in [0, 0.1) is 23.2 Å². The molecule has 6 nitrogen and oxygen atoms in total. The van der Waals surface area contributed by atoms with Crippen molar-refractivity contribution in [1.82, 2.24) is 0 Å². The zero-order chi connectivity index (χ0) is 17.0. The van der Waals surface area contributed by atoms with Gasteiger partial charge in [-0.25, -0.2) is 0 Å². The molecule has 0 aromatic heterocycles. The molecule has 0 saturated heterocycles. The minimum Gasteiger partial charge on any atom is -0.368 e. The Morgan fingerprint density at radius 2 is 1.83 bits per heavy atom. The van der Waals surface area contributed by atoms with Crippen LogP contribution in [0.15, 0.2) is 12.2 Å². The largest absolute Gasteiger partial charge is 0.368 e. The van der Waals surface area contributed by atoms with Gasteiger partial charge in [-0.1, -0.05) is 32.9 Å². The Bertz CT molecular complexity index is 395. The van der Waals surface area contributed by atoms with Gasteiger partial charge in [0.15, 0.2) is 12.6 Å². The van der Waals surface area contributed by atoms with Crippen molar-refractivity contribution >= 4 is 0 Å². The number of allylic oxidation sites excluding steroid dienone is 1. The van der Waals surface area contributed by atoms with E-state index in [2.05, 4.69) is 6.08 Å². The molecule has 0 aliphatic heterocycles. The van der Waals surface area contributed by atoms with Crippen LogP contribution >= 0.6 is 0 Å². The van der Waals surface area contributed by atoms with Crippen LogP contribution in [-0.4, -0.2) is 54.0 Å². The molecule has 2 bridgehead atoms. The zero-order valence-electron chi connectivity index (χ0n) is 14.2. The molecule has 0 heterocycles. The van der Waals surface area contributed by atoms with Gasteiger partial charge in [0.1, 0.15) is 6.79 Å². The first-order valence-electron chi connectivity index (χ1n) is 8.40. The first kappa shape index (κ1) is 18.8. The molecule has 3 N–H and O–H groups in total. The minimum absolute atomic E-state index is 0.0849. The van der Waals surface area contributed by atoms with Crippen molar-refractivity contribution in [2.75, 3.05) is 20.0 Å². The summed E-state index contributed by atoms with van der Waals surface area (Å²) in [6.45, 7) is 6.60. The third kappa shape index (κ3) is 4.53. The van der Waals surface area contributed by atoms with Crippen LogP contribution < -0.4 is 0 Å². The molecule has 134 valence electrons. The SMILES string of the molecule is CCC(C)(C)C(O)OCCOCOC1C2C=CC(C2)C1C(O)O. The summed E-state index contributed by atoms with van der Waals surface area (Å²) in [5, 5.41) is 28.9. The Morgan fingerprint density at radius 1 is 1.13 bits per heavy atom. The average Bonchev–Trinajstić information content (AvgIpc) is 3.11. The van der Waals surface area contributed by atoms with Crippen molar-refractivity contribution in [3.63, 3.8) is 0 Å². The Kier molecular flexibility index (Phi) is 6.59. The topological polar surface area (TPSA) is 88.4 Å². The molecule has 5 atom stereocenters. The summed E-state index contributed by atoms with van der Waals surface area (Å²) in [4.78, 5) is 0. The van der Waals surface area contributed by atoms with Crippen LogP contribution in [0.25, 0.3) is 0 Å². The number of fused-ring (bicyclic) bond motifs is 2. The molecule has 0 spiro atoms. The van der Waals surface area contributed by atoms with E-state index in [0.29, 0.717) is 6.61 Å². The van der Waals surface area contributed by atoms with Crippen molar-refractivity contribution < 1.29 is 29.5 Å². The summed E-state index contributed by atoms with van der Waals surface area (Å²) in [5.41, 5.74) is -0.281. The molecule has 5 unspecified atom stereocenters. The maximum atomic E-state index is 9.90. The Balaban J connectivity index is 1.62. The fourth-order valence-electron chi connectivity index (χ4n) is 3.24. The highest BCUT2D eigenvalue weighted by Crippen LogP contribution is 2.46. The molecular formula is C17H30O6. The number of aliphatic hydroxyl groups excluding tert-OH is 2. The van der Waals surface area contributed by atoms with Gasteiger partial charge in [-0.05, 0) is 18.8 Å². The normalized spacial score (nSPS) is 31.3. The first-order valence-corrected chi connectivity index (χ1v) is 8.40. The maximum Gasteiger partial charge on any atom is 0.159 e. The third-order valence-corrected chi connectivity index (χ3v) is 5.22. The Hall–Kier alpha value is -0.500. The first-order chi connectivity index (χ1) is 10.9. The summed E-state index contributed by atoms with van der Waals surface area (Å²) in [5.74, 6) is 0.135. The predicted molar refractivity (Wildman–Crippen MR) is 84.2 cm³/mol. The van der Waals surface area contributed by atoms with E-state index in [4.69, 9.17) is 14.2 Å². The molecule has 0 aromatic rings. The molecular weight excluding hydrogens is 300 g/mol. The van der Waals surface area contributed by atoms with Crippen LogP contribution in [-0.2, 0) is 14.2 Å². The van der Waals surface area contributed by atoms with Gasteiger partial charge in [-0.15, -0.1) is 0 Å². The summed E-state index contributed by atoms with van der Waals surface area (Å²) in [7, 11) is 0. The monoisotopic (exact) mass is 330 g/mol. The van der Waals surface area contributed by atoms with Crippen LogP contribution in [0.4, 0.5) is 0 Å². The van der Waals surface area contributed by atoms with E-state index in [1.807, 2.05) is 26.8 Å². The van der Waals surface area contributed by atoms with Crippen LogP contribution in [0.1, 0.15) is 33.6 Å². The number of hydrogen-bond acceptors (Lipinski definition) is 6. The van der Waals surface area contributed by atoms with Gasteiger partial charge in [0.05, 0.1) is 19.3 Å². The quantitative estimate of drug-likeness (QED) is 0.317. The molecule has 2 aliphatic carbocycles. The summed E-state index contributed by atoms with van der Waals surface area (Å²) < 4.78 is 16.4. The van der Waals surface area contributed by atoms with Crippen LogP contribution in [0.2, 0.25) is 0 Å². The predicted octanol–water partition coefficient (Wildman–Crippen LogP) is 1.25. The van der Waals surface area contributed by atoms with Gasteiger partial charge in [-0.2, -0.15) is 0 Å². The molecule has 0 amide bonds. The molecule has 2 rings (SSSR count). The van der Waals surface area contributed by atoms with E-state index in [-0.39, 0.29) is 42.7 Å². The lowest BCUT2D eigenvalue weighted by atomic mass is 9.90. The summed E-state index contributed by atoms with van der Waals surface area (Å²) in [6, 6.07) is 0. The van der Waals surface area contributed by atoms with Crippen molar-refractivity contribution in [2.24, 2.45) is 23.2 Å². The fourth-order valence-corrected chi connectivity index (χ4v) is 3.24. The van der Waals surface area contributed by atoms with Gasteiger partial charge in [0.2, 0.25) is 0 Å². The lowest BCUT2D eigenvalue weighted by Gasteiger charge is -2.29. The van der Waals surface area contributed by atoms with E-state index in [0.717, 1.165) is 12.8 Å². The highest BCUT2D eigenvalue weighted by Gasteiger charge is 2.48. The second kappa shape index (κ2) is 8.05. The number of hydrogen-bond donors (Lipinski definition) is 3. The van der Waals surface area contributed by atoms with Crippen molar-refractivity contribution in [1.29, 1.82) is 0 Å². The van der Waals surface area contributed by atoms with Crippen LogP contribution in [0.3, 0.4) is 0 Å². The highest BCUT2D eigenvalue weighted by molar-refractivity contribution is 5.15. The molecule has 0 aromatic carbocycles. The van der Waals surface area contributed by atoms with Gasteiger partial charge >= 0.3 is 0 Å². The fraction of sp³-hybridized carbons (Fsp3) is 0.882. The average molecular weight is 330 g/mol. The van der Waals surface area contributed by atoms with Gasteiger partial charge in [0, 0.05) is 17.3 Å². The second-order valence-corrected chi connectivity index (χ2v) is 7.16.